The zero-order valence-corrected chi connectivity index (χ0v) is 9.14. The van der Waals surface area contributed by atoms with Crippen molar-refractivity contribution in [1.29, 1.82) is 0 Å². The molecule has 0 bridgehead atoms. The maximum absolute atomic E-state index is 10.9. The van der Waals surface area contributed by atoms with Gasteiger partial charge in [0.2, 0.25) is 0 Å². The maximum atomic E-state index is 10.9. The number of nitrogens with zero attached hydrogens (tertiary/aromatic N) is 1. The van der Waals surface area contributed by atoms with Crippen LogP contribution in [-0.4, -0.2) is 32.8 Å². The number of aliphatic carboxylic acids is 1. The van der Waals surface area contributed by atoms with Crippen molar-refractivity contribution in [3.05, 3.63) is 33.9 Å². The summed E-state index contributed by atoms with van der Waals surface area (Å²) < 4.78 is 0. The summed E-state index contributed by atoms with van der Waals surface area (Å²) in [7, 11) is 0. The van der Waals surface area contributed by atoms with E-state index in [2.05, 4.69) is 0 Å². The molecule has 0 atom stereocenters. The highest BCUT2D eigenvalue weighted by atomic mass is 32.2. The van der Waals surface area contributed by atoms with Crippen molar-refractivity contribution in [1.82, 2.24) is 0 Å². The Hall–Kier alpha value is -2.09. The number of benzene rings is 1. The molecule has 0 aliphatic carbocycles. The van der Waals surface area contributed by atoms with Gasteiger partial charge in [-0.2, -0.15) is 0 Å². The molecule has 0 aliphatic rings. The molecule has 0 radical (unpaired) electrons. The van der Waals surface area contributed by atoms with Gasteiger partial charge in [0.25, 0.3) is 5.69 Å². The Bertz CT molecular complexity index is 486. The zero-order chi connectivity index (χ0) is 13.0. The van der Waals surface area contributed by atoms with E-state index in [0.717, 1.165) is 23.9 Å². The van der Waals surface area contributed by atoms with Gasteiger partial charge in [-0.15, -0.1) is 11.8 Å². The lowest BCUT2D eigenvalue weighted by Crippen LogP contribution is -2.03. The second-order valence-corrected chi connectivity index (χ2v) is 3.94. The molecule has 0 heterocycles. The largest absolute Gasteiger partial charge is 0.481 e. The minimum absolute atomic E-state index is 0.186. The molecule has 1 aromatic rings. The Morgan fingerprint density at radius 3 is 2.47 bits per heavy atom. The first-order valence-corrected chi connectivity index (χ1v) is 5.26. The van der Waals surface area contributed by atoms with Crippen LogP contribution in [0.4, 0.5) is 5.69 Å². The molecular weight excluding hydrogens is 250 g/mol. The van der Waals surface area contributed by atoms with Crippen molar-refractivity contribution < 1.29 is 24.7 Å². The minimum atomic E-state index is -1.33. The molecular formula is C9H7NO6S. The van der Waals surface area contributed by atoms with Gasteiger partial charge < -0.3 is 10.2 Å². The number of nitro benzene ring substituents is 1. The molecule has 7 nitrogen and oxygen atoms in total. The van der Waals surface area contributed by atoms with Gasteiger partial charge in [0, 0.05) is 17.0 Å². The average molecular weight is 257 g/mol. The lowest BCUT2D eigenvalue weighted by Gasteiger charge is -2.03. The molecule has 0 saturated heterocycles. The van der Waals surface area contributed by atoms with Gasteiger partial charge in [-0.1, -0.05) is 0 Å². The van der Waals surface area contributed by atoms with Gasteiger partial charge in [0.05, 0.1) is 16.2 Å². The predicted octanol–water partition coefficient (Wildman–Crippen LogP) is 1.47. The first-order valence-electron chi connectivity index (χ1n) is 4.28. The smallest absolute Gasteiger partial charge is 0.337 e. The highest BCUT2D eigenvalue weighted by Crippen LogP contribution is 2.26. The fourth-order valence-electron chi connectivity index (χ4n) is 1.06. The number of carboxylic acids is 2. The van der Waals surface area contributed by atoms with Gasteiger partial charge in [0.1, 0.15) is 0 Å². The molecule has 90 valence electrons. The first-order chi connectivity index (χ1) is 7.91. The predicted molar refractivity (Wildman–Crippen MR) is 58.4 cm³/mol. The summed E-state index contributed by atoms with van der Waals surface area (Å²) in [6, 6.07) is 3.28. The Balaban J connectivity index is 3.08. The standard InChI is InChI=1S/C9H7NO6S/c11-8(12)4-17-7-2-1-5(10(15)16)3-6(7)9(13)14/h1-3H,4H2,(H,11,12)(H,13,14). The molecule has 0 amide bonds. The van der Waals surface area contributed by atoms with Crippen molar-refractivity contribution >= 4 is 29.4 Å². The molecule has 1 aromatic carbocycles. The topological polar surface area (TPSA) is 118 Å². The van der Waals surface area contributed by atoms with E-state index in [1.54, 1.807) is 0 Å². The Morgan fingerprint density at radius 2 is 2.00 bits per heavy atom. The number of thioether (sulfide) groups is 1. The molecule has 0 fully saturated rings. The van der Waals surface area contributed by atoms with Gasteiger partial charge in [-0.05, 0) is 6.07 Å². The van der Waals surface area contributed by atoms with Crippen LogP contribution in [-0.2, 0) is 4.79 Å². The van der Waals surface area contributed by atoms with Gasteiger partial charge in [-0.25, -0.2) is 4.79 Å². The van der Waals surface area contributed by atoms with Crippen LogP contribution in [0.3, 0.4) is 0 Å². The van der Waals surface area contributed by atoms with E-state index < -0.39 is 16.9 Å². The number of carboxylic acid groups (broad SMARTS) is 2. The highest BCUT2D eigenvalue weighted by Gasteiger charge is 2.16. The van der Waals surface area contributed by atoms with Crippen molar-refractivity contribution in [2.75, 3.05) is 5.75 Å². The van der Waals surface area contributed by atoms with Gasteiger partial charge in [0.15, 0.2) is 0 Å². The molecule has 0 spiro atoms. The molecule has 0 unspecified atom stereocenters. The summed E-state index contributed by atoms with van der Waals surface area (Å²) in [4.78, 5) is 31.2. The van der Waals surface area contributed by atoms with Crippen LogP contribution in [0.1, 0.15) is 10.4 Å². The fraction of sp³-hybridized carbons (Fsp3) is 0.111. The van der Waals surface area contributed by atoms with Crippen molar-refractivity contribution in [3.8, 4) is 0 Å². The Labute approximate surface area is 99.2 Å². The van der Waals surface area contributed by atoms with Crippen LogP contribution < -0.4 is 0 Å². The number of rotatable bonds is 5. The summed E-state index contributed by atoms with van der Waals surface area (Å²) in [6.45, 7) is 0. The lowest BCUT2D eigenvalue weighted by atomic mass is 10.2. The number of hydrogen-bond acceptors (Lipinski definition) is 5. The van der Waals surface area contributed by atoms with Crippen LogP contribution in [0.25, 0.3) is 0 Å². The van der Waals surface area contributed by atoms with Crippen LogP contribution in [0, 0.1) is 10.1 Å². The minimum Gasteiger partial charge on any atom is -0.481 e. The van der Waals surface area contributed by atoms with Crippen molar-refractivity contribution in [2.45, 2.75) is 4.90 Å². The summed E-state index contributed by atoms with van der Waals surface area (Å²) >= 11 is 0.801. The molecule has 0 aromatic heterocycles. The maximum Gasteiger partial charge on any atom is 0.337 e. The third-order valence-corrected chi connectivity index (χ3v) is 2.81. The first kappa shape index (κ1) is 13.0. The summed E-state index contributed by atoms with van der Waals surface area (Å²) in [5.74, 6) is -2.73. The normalized spacial score (nSPS) is 9.88. The molecule has 8 heteroatoms. The van der Waals surface area contributed by atoms with E-state index in [1.165, 1.54) is 6.07 Å². The molecule has 0 aliphatic heterocycles. The fourth-order valence-corrected chi connectivity index (χ4v) is 1.81. The van der Waals surface area contributed by atoms with Gasteiger partial charge >= 0.3 is 11.9 Å². The Kier molecular flexibility index (Phi) is 4.05. The number of hydrogen-bond donors (Lipinski definition) is 2. The van der Waals surface area contributed by atoms with E-state index in [4.69, 9.17) is 10.2 Å². The number of aromatic carboxylic acids is 1. The third-order valence-electron chi connectivity index (χ3n) is 1.76. The van der Waals surface area contributed by atoms with E-state index >= 15 is 0 Å². The van der Waals surface area contributed by atoms with Crippen molar-refractivity contribution in [3.63, 3.8) is 0 Å². The molecule has 1 rings (SSSR count). The number of nitro groups is 1. The summed E-state index contributed by atoms with van der Waals surface area (Å²) in [6.07, 6.45) is 0. The monoisotopic (exact) mass is 257 g/mol. The summed E-state index contributed by atoms with van der Waals surface area (Å²) in [5.41, 5.74) is -0.618. The van der Waals surface area contributed by atoms with Crippen LogP contribution in [0.15, 0.2) is 23.1 Å². The van der Waals surface area contributed by atoms with E-state index in [-0.39, 0.29) is 21.9 Å². The number of carbonyl (C=O) groups is 2. The molecule has 17 heavy (non-hydrogen) atoms. The highest BCUT2D eigenvalue weighted by molar-refractivity contribution is 8.00. The number of non-ortho nitro benzene ring substituents is 1. The van der Waals surface area contributed by atoms with E-state index in [9.17, 15) is 19.7 Å². The van der Waals surface area contributed by atoms with Crippen LogP contribution >= 0.6 is 11.8 Å². The zero-order valence-electron chi connectivity index (χ0n) is 8.32. The SMILES string of the molecule is O=C(O)CSc1ccc([N+](=O)[O-])cc1C(=O)O. The van der Waals surface area contributed by atoms with Crippen LogP contribution in [0.5, 0.6) is 0 Å². The lowest BCUT2D eigenvalue weighted by molar-refractivity contribution is -0.384. The quantitative estimate of drug-likeness (QED) is 0.465. The van der Waals surface area contributed by atoms with Crippen molar-refractivity contribution in [2.24, 2.45) is 0 Å². The average Bonchev–Trinajstić information content (AvgIpc) is 2.25. The molecule has 0 saturated carbocycles. The van der Waals surface area contributed by atoms with Crippen LogP contribution in [0.2, 0.25) is 0 Å². The Morgan fingerprint density at radius 1 is 1.35 bits per heavy atom. The van der Waals surface area contributed by atoms with Gasteiger partial charge in [-0.3, -0.25) is 14.9 Å². The molecule has 2 N–H and O–H groups in total. The second-order valence-electron chi connectivity index (χ2n) is 2.93. The van der Waals surface area contributed by atoms with E-state index in [1.807, 2.05) is 0 Å². The summed E-state index contributed by atoms with van der Waals surface area (Å²) in [5, 5.41) is 27.8. The van der Waals surface area contributed by atoms with E-state index in [0.29, 0.717) is 0 Å². The second kappa shape index (κ2) is 5.30. The third kappa shape index (κ3) is 3.45.